The van der Waals surface area contributed by atoms with Gasteiger partial charge in [0.25, 0.3) is 0 Å². The van der Waals surface area contributed by atoms with Crippen LogP contribution in [0.2, 0.25) is 0 Å². The average Bonchev–Trinajstić information content (AvgIpc) is 2.33. The second kappa shape index (κ2) is 5.48. The second-order valence-electron chi connectivity index (χ2n) is 4.57. The zero-order valence-electron chi connectivity index (χ0n) is 10.8. The summed E-state index contributed by atoms with van der Waals surface area (Å²) in [6, 6.07) is 7.26. The van der Waals surface area contributed by atoms with Crippen LogP contribution in [-0.4, -0.2) is 18.1 Å². The van der Waals surface area contributed by atoms with Gasteiger partial charge in [-0.25, -0.2) is 0 Å². The lowest BCUT2D eigenvalue weighted by Gasteiger charge is -2.27. The highest BCUT2D eigenvalue weighted by Crippen LogP contribution is 2.36. The smallest absolute Gasteiger partial charge is 0.351 e. The molecule has 1 nitrogen and oxygen atoms in total. The summed E-state index contributed by atoms with van der Waals surface area (Å²) >= 11 is 3.32. The second-order valence-corrected chi connectivity index (χ2v) is 5.49. The molecule has 20 heavy (non-hydrogen) atoms. The Hall–Kier alpha value is -1.49. The first-order chi connectivity index (χ1) is 9.29. The van der Waals surface area contributed by atoms with Crippen molar-refractivity contribution in [2.75, 3.05) is 7.05 Å². The number of alkyl halides is 3. The molecule has 1 heterocycles. The third-order valence-electron chi connectivity index (χ3n) is 3.14. The van der Waals surface area contributed by atoms with Gasteiger partial charge in [-0.3, -0.25) is 0 Å². The van der Waals surface area contributed by atoms with Gasteiger partial charge in [-0.2, -0.15) is 13.2 Å². The van der Waals surface area contributed by atoms with Gasteiger partial charge in [0.05, 0.1) is 5.57 Å². The van der Waals surface area contributed by atoms with Gasteiger partial charge in [-0.15, -0.1) is 0 Å². The molecule has 0 aliphatic carbocycles. The molecule has 0 saturated heterocycles. The van der Waals surface area contributed by atoms with Crippen molar-refractivity contribution in [3.63, 3.8) is 0 Å². The molecule has 0 saturated carbocycles. The van der Waals surface area contributed by atoms with Gasteiger partial charge in [-0.1, -0.05) is 34.6 Å². The van der Waals surface area contributed by atoms with Gasteiger partial charge in [0.1, 0.15) is 0 Å². The number of likely N-dealkylation sites (N-methyl/N-ethyl adjacent to an activating group) is 1. The van der Waals surface area contributed by atoms with E-state index in [0.29, 0.717) is 5.70 Å². The van der Waals surface area contributed by atoms with E-state index in [1.165, 1.54) is 6.20 Å². The monoisotopic (exact) mass is 343 g/mol. The Bertz CT molecular complexity index is 599. The van der Waals surface area contributed by atoms with Crippen LogP contribution >= 0.6 is 15.9 Å². The number of rotatable bonds is 2. The van der Waals surface area contributed by atoms with Gasteiger partial charge in [0.15, 0.2) is 0 Å². The summed E-state index contributed by atoms with van der Waals surface area (Å²) in [6.45, 7) is 3.76. The SMILES string of the molecule is C=C1C(Cc2cccc(Br)c2)=C(C(F)(F)F)C=CN1C. The topological polar surface area (TPSA) is 3.24 Å². The Morgan fingerprint density at radius 1 is 1.30 bits per heavy atom. The lowest BCUT2D eigenvalue weighted by Crippen LogP contribution is -2.23. The number of nitrogens with zero attached hydrogens (tertiary/aromatic N) is 1. The molecule has 0 bridgehead atoms. The van der Waals surface area contributed by atoms with E-state index in [4.69, 9.17) is 0 Å². The van der Waals surface area contributed by atoms with Crippen molar-refractivity contribution in [1.82, 2.24) is 4.90 Å². The van der Waals surface area contributed by atoms with E-state index in [-0.39, 0.29) is 12.0 Å². The number of hydrogen-bond donors (Lipinski definition) is 0. The number of benzene rings is 1. The number of halogens is 4. The van der Waals surface area contributed by atoms with Gasteiger partial charge in [0.2, 0.25) is 0 Å². The van der Waals surface area contributed by atoms with Crippen molar-refractivity contribution in [3.8, 4) is 0 Å². The quantitative estimate of drug-likeness (QED) is 0.743. The molecular weight excluding hydrogens is 331 g/mol. The van der Waals surface area contributed by atoms with Gasteiger partial charge in [0, 0.05) is 29.8 Å². The first kappa shape index (κ1) is 14.9. The van der Waals surface area contributed by atoms with Crippen LogP contribution in [0.15, 0.2) is 64.4 Å². The van der Waals surface area contributed by atoms with Crippen LogP contribution in [0.3, 0.4) is 0 Å². The molecule has 0 unspecified atom stereocenters. The van der Waals surface area contributed by atoms with Gasteiger partial charge >= 0.3 is 6.18 Å². The summed E-state index contributed by atoms with van der Waals surface area (Å²) in [4.78, 5) is 1.60. The van der Waals surface area contributed by atoms with E-state index in [1.807, 2.05) is 12.1 Å². The van der Waals surface area contributed by atoms with Crippen molar-refractivity contribution >= 4 is 15.9 Å². The normalized spacial score (nSPS) is 16.1. The van der Waals surface area contributed by atoms with Crippen LogP contribution in [0.4, 0.5) is 13.2 Å². The van der Waals surface area contributed by atoms with Crippen LogP contribution < -0.4 is 0 Å². The van der Waals surface area contributed by atoms with Gasteiger partial charge < -0.3 is 4.90 Å². The Morgan fingerprint density at radius 2 is 2.00 bits per heavy atom. The molecule has 0 atom stereocenters. The lowest BCUT2D eigenvalue weighted by atomic mass is 9.94. The molecule has 0 amide bonds. The van der Waals surface area contributed by atoms with Crippen molar-refractivity contribution in [2.24, 2.45) is 0 Å². The molecule has 2 rings (SSSR count). The Balaban J connectivity index is 2.44. The zero-order valence-corrected chi connectivity index (χ0v) is 12.4. The lowest BCUT2D eigenvalue weighted by molar-refractivity contribution is -0.0893. The van der Waals surface area contributed by atoms with Gasteiger partial charge in [-0.05, 0) is 29.3 Å². The fraction of sp³-hybridized carbons (Fsp3) is 0.200. The van der Waals surface area contributed by atoms with Crippen molar-refractivity contribution < 1.29 is 13.2 Å². The maximum absolute atomic E-state index is 13.1. The fourth-order valence-corrected chi connectivity index (χ4v) is 2.51. The molecule has 1 aliphatic rings. The third kappa shape index (κ3) is 3.15. The molecule has 106 valence electrons. The Kier molecular flexibility index (Phi) is 4.09. The van der Waals surface area contributed by atoms with Crippen molar-refractivity contribution in [2.45, 2.75) is 12.6 Å². The predicted molar refractivity (Wildman–Crippen MR) is 77.0 cm³/mol. The van der Waals surface area contributed by atoms with E-state index in [0.717, 1.165) is 16.1 Å². The summed E-state index contributed by atoms with van der Waals surface area (Å²) in [5.74, 6) is 0. The number of allylic oxidation sites excluding steroid dienone is 3. The minimum absolute atomic E-state index is 0.196. The molecule has 1 aromatic rings. The van der Waals surface area contributed by atoms with E-state index in [9.17, 15) is 13.2 Å². The number of hydrogen-bond acceptors (Lipinski definition) is 1. The molecule has 0 fully saturated rings. The van der Waals surface area contributed by atoms with E-state index < -0.39 is 11.7 Å². The minimum atomic E-state index is -4.37. The maximum atomic E-state index is 13.1. The maximum Gasteiger partial charge on any atom is 0.416 e. The Labute approximate surface area is 124 Å². The molecule has 1 aromatic carbocycles. The molecule has 0 aromatic heterocycles. The van der Waals surface area contributed by atoms with E-state index in [1.54, 1.807) is 24.1 Å². The first-order valence-corrected chi connectivity index (χ1v) is 6.73. The van der Waals surface area contributed by atoms with Crippen LogP contribution in [0.1, 0.15) is 5.56 Å². The van der Waals surface area contributed by atoms with Crippen LogP contribution in [0, 0.1) is 0 Å². The van der Waals surface area contributed by atoms with Crippen molar-refractivity contribution in [1.29, 1.82) is 0 Å². The molecular formula is C15H13BrF3N. The molecule has 0 N–H and O–H groups in total. The molecule has 0 spiro atoms. The first-order valence-electron chi connectivity index (χ1n) is 5.94. The highest BCUT2D eigenvalue weighted by Gasteiger charge is 2.36. The van der Waals surface area contributed by atoms with Crippen LogP contribution in [0.5, 0.6) is 0 Å². The third-order valence-corrected chi connectivity index (χ3v) is 3.63. The molecule has 0 radical (unpaired) electrons. The van der Waals surface area contributed by atoms with Crippen LogP contribution in [-0.2, 0) is 6.42 Å². The summed E-state index contributed by atoms with van der Waals surface area (Å²) in [5, 5.41) is 0. The average molecular weight is 344 g/mol. The summed E-state index contributed by atoms with van der Waals surface area (Å²) in [5.41, 5.74) is 0.766. The Morgan fingerprint density at radius 3 is 2.60 bits per heavy atom. The largest absolute Gasteiger partial charge is 0.416 e. The van der Waals surface area contributed by atoms with Crippen LogP contribution in [0.25, 0.3) is 0 Å². The summed E-state index contributed by atoms with van der Waals surface area (Å²) < 4.78 is 40.1. The standard InChI is InChI=1S/C15H13BrF3N/c1-10-13(9-11-4-3-5-12(16)8-11)14(15(17,18)19)6-7-20(10)2/h3-8H,1,9H2,2H3. The summed E-state index contributed by atoms with van der Waals surface area (Å²) in [7, 11) is 1.69. The minimum Gasteiger partial charge on any atom is -0.351 e. The fourth-order valence-electron chi connectivity index (χ4n) is 2.06. The molecule has 5 heteroatoms. The van der Waals surface area contributed by atoms with E-state index in [2.05, 4.69) is 22.5 Å². The highest BCUT2D eigenvalue weighted by molar-refractivity contribution is 9.10. The predicted octanol–water partition coefficient (Wildman–Crippen LogP) is 4.82. The highest BCUT2D eigenvalue weighted by atomic mass is 79.9. The van der Waals surface area contributed by atoms with E-state index >= 15 is 0 Å². The zero-order chi connectivity index (χ0) is 14.9. The van der Waals surface area contributed by atoms with Crippen molar-refractivity contribution in [3.05, 3.63) is 70.0 Å². The molecule has 1 aliphatic heterocycles. The summed E-state index contributed by atoms with van der Waals surface area (Å²) in [6.07, 6.45) is -1.69.